The van der Waals surface area contributed by atoms with Crippen molar-refractivity contribution in [2.45, 2.75) is 39.7 Å². The number of methoxy groups -OCH3 is 1. The minimum Gasteiger partial charge on any atom is -0.490 e. The summed E-state index contributed by atoms with van der Waals surface area (Å²) in [5, 5.41) is 5.08. The molecule has 0 spiro atoms. The Labute approximate surface area is 224 Å². The molecule has 0 aliphatic carbocycles. The van der Waals surface area contributed by atoms with Crippen molar-refractivity contribution < 1.29 is 19.0 Å². The molecule has 1 heterocycles. The van der Waals surface area contributed by atoms with E-state index in [0.717, 1.165) is 4.47 Å². The fraction of sp³-hybridized carbons (Fsp3) is 0.333. The van der Waals surface area contributed by atoms with Gasteiger partial charge in [-0.15, -0.1) is 0 Å². The first-order valence-corrected chi connectivity index (χ1v) is 12.7. The Balaban J connectivity index is 2.13. The van der Waals surface area contributed by atoms with Crippen molar-refractivity contribution in [3.05, 3.63) is 60.0 Å². The van der Waals surface area contributed by atoms with Crippen molar-refractivity contribution in [3.8, 4) is 11.5 Å². The van der Waals surface area contributed by atoms with Gasteiger partial charge in [0.05, 0.1) is 30.8 Å². The van der Waals surface area contributed by atoms with Crippen LogP contribution >= 0.6 is 43.5 Å². The van der Waals surface area contributed by atoms with Gasteiger partial charge in [-0.2, -0.15) is 9.78 Å². The molecule has 3 aromatic rings. The standard InChI is InChI=1S/C24H24Br2ClN3O5/c1-6-34-18-9-14(19(26)20(27)21(18)35-13(4)24(32)33-5)11-28-30-22(12(2)3)29-17-8-7-15(25)10-16(17)23(30)31/h7-13H,6H2,1-5H3/t13-/m0/s1. The van der Waals surface area contributed by atoms with Gasteiger partial charge >= 0.3 is 5.97 Å². The molecular formula is C24H24Br2ClN3O5. The molecule has 186 valence electrons. The number of ether oxygens (including phenoxy) is 3. The molecule has 1 atom stereocenters. The van der Waals surface area contributed by atoms with Gasteiger partial charge < -0.3 is 14.2 Å². The number of carbonyl (C=O) groups is 1. The van der Waals surface area contributed by atoms with Gasteiger partial charge in [0, 0.05) is 20.4 Å². The van der Waals surface area contributed by atoms with Crippen LogP contribution in [0.4, 0.5) is 0 Å². The molecule has 0 fully saturated rings. The molecule has 1 aromatic heterocycles. The van der Waals surface area contributed by atoms with Crippen molar-refractivity contribution in [3.63, 3.8) is 0 Å². The van der Waals surface area contributed by atoms with E-state index in [1.54, 1.807) is 25.1 Å². The summed E-state index contributed by atoms with van der Waals surface area (Å²) in [5.74, 6) is 0.401. The average Bonchev–Trinajstić information content (AvgIpc) is 2.83. The lowest BCUT2D eigenvalue weighted by Crippen LogP contribution is -2.25. The first kappa shape index (κ1) is 27.2. The molecule has 11 heteroatoms. The van der Waals surface area contributed by atoms with Crippen LogP contribution in [0.25, 0.3) is 10.9 Å². The van der Waals surface area contributed by atoms with Crippen molar-refractivity contribution in [1.29, 1.82) is 0 Å². The Morgan fingerprint density at radius 1 is 1.26 bits per heavy atom. The van der Waals surface area contributed by atoms with E-state index in [2.05, 4.69) is 41.9 Å². The summed E-state index contributed by atoms with van der Waals surface area (Å²) < 4.78 is 18.7. The number of rotatable bonds is 8. The molecule has 0 aliphatic rings. The van der Waals surface area contributed by atoms with Gasteiger partial charge in [0.25, 0.3) is 5.56 Å². The van der Waals surface area contributed by atoms with Crippen LogP contribution in [0.1, 0.15) is 45.0 Å². The molecule has 0 radical (unpaired) electrons. The van der Waals surface area contributed by atoms with Crippen molar-refractivity contribution >= 4 is 66.5 Å². The van der Waals surface area contributed by atoms with E-state index in [4.69, 9.17) is 25.8 Å². The summed E-state index contributed by atoms with van der Waals surface area (Å²) >= 11 is 13.4. The van der Waals surface area contributed by atoms with Crippen LogP contribution in [0.2, 0.25) is 5.02 Å². The van der Waals surface area contributed by atoms with Gasteiger partial charge in [0.15, 0.2) is 17.6 Å². The number of nitrogens with zero attached hydrogens (tertiary/aromatic N) is 3. The lowest BCUT2D eigenvalue weighted by atomic mass is 10.2. The number of halogens is 3. The zero-order valence-electron chi connectivity index (χ0n) is 19.8. The van der Waals surface area contributed by atoms with Gasteiger partial charge in [-0.1, -0.05) is 41.4 Å². The van der Waals surface area contributed by atoms with E-state index in [1.807, 2.05) is 26.8 Å². The quantitative estimate of drug-likeness (QED) is 0.227. The van der Waals surface area contributed by atoms with Crippen LogP contribution in [0.3, 0.4) is 0 Å². The third kappa shape index (κ3) is 5.87. The molecular weight excluding hydrogens is 606 g/mol. The Kier molecular flexibility index (Phi) is 8.95. The summed E-state index contributed by atoms with van der Waals surface area (Å²) in [6, 6.07) is 7.01. The normalized spacial score (nSPS) is 12.4. The highest BCUT2D eigenvalue weighted by molar-refractivity contribution is 9.10. The molecule has 0 saturated carbocycles. The van der Waals surface area contributed by atoms with E-state index in [1.165, 1.54) is 18.0 Å². The number of hydrogen-bond acceptors (Lipinski definition) is 7. The molecule has 0 bridgehead atoms. The second-order valence-electron chi connectivity index (χ2n) is 7.78. The van der Waals surface area contributed by atoms with Crippen molar-refractivity contribution in [1.82, 2.24) is 9.66 Å². The molecule has 35 heavy (non-hydrogen) atoms. The van der Waals surface area contributed by atoms with Gasteiger partial charge in [-0.25, -0.2) is 9.78 Å². The number of esters is 1. The topological polar surface area (TPSA) is 92.0 Å². The molecule has 3 rings (SSSR count). The third-order valence-corrected chi connectivity index (χ3v) is 6.88. The van der Waals surface area contributed by atoms with Gasteiger partial charge in [-0.05, 0) is 54.0 Å². The Morgan fingerprint density at radius 2 is 1.97 bits per heavy atom. The molecule has 0 N–H and O–H groups in total. The van der Waals surface area contributed by atoms with Crippen LogP contribution in [-0.2, 0) is 9.53 Å². The van der Waals surface area contributed by atoms with Crippen molar-refractivity contribution in [2.75, 3.05) is 13.7 Å². The van der Waals surface area contributed by atoms with E-state index >= 15 is 0 Å². The molecule has 0 unspecified atom stereocenters. The summed E-state index contributed by atoms with van der Waals surface area (Å²) in [4.78, 5) is 29.8. The van der Waals surface area contributed by atoms with Crippen LogP contribution < -0.4 is 15.0 Å². The Hall–Kier alpha value is -2.43. The summed E-state index contributed by atoms with van der Waals surface area (Å²) in [7, 11) is 1.27. The zero-order chi connectivity index (χ0) is 25.9. The van der Waals surface area contributed by atoms with Crippen LogP contribution in [-0.4, -0.2) is 41.7 Å². The minimum absolute atomic E-state index is 0.0607. The van der Waals surface area contributed by atoms with E-state index < -0.39 is 12.1 Å². The minimum atomic E-state index is -0.904. The number of fused-ring (bicyclic) bond motifs is 1. The summed E-state index contributed by atoms with van der Waals surface area (Å²) in [6.07, 6.45) is 0.586. The smallest absolute Gasteiger partial charge is 0.346 e. The number of benzene rings is 2. The maximum atomic E-state index is 13.3. The fourth-order valence-corrected chi connectivity index (χ4v) is 4.24. The summed E-state index contributed by atoms with van der Waals surface area (Å²) in [5.41, 5.74) is 0.834. The van der Waals surface area contributed by atoms with Gasteiger partial charge in [0.1, 0.15) is 10.8 Å². The first-order valence-electron chi connectivity index (χ1n) is 10.7. The molecule has 0 saturated heterocycles. The monoisotopic (exact) mass is 627 g/mol. The van der Waals surface area contributed by atoms with Crippen LogP contribution in [0.5, 0.6) is 11.5 Å². The fourth-order valence-electron chi connectivity index (χ4n) is 3.23. The maximum Gasteiger partial charge on any atom is 0.346 e. The van der Waals surface area contributed by atoms with Gasteiger partial charge in [-0.3, -0.25) is 4.79 Å². The second kappa shape index (κ2) is 11.5. The molecule has 0 aliphatic heterocycles. The highest BCUT2D eigenvalue weighted by Crippen LogP contribution is 2.43. The van der Waals surface area contributed by atoms with Crippen LogP contribution in [0.15, 0.2) is 43.1 Å². The second-order valence-corrected chi connectivity index (χ2v) is 9.87. The lowest BCUT2D eigenvalue weighted by Gasteiger charge is -2.19. The maximum absolute atomic E-state index is 13.3. The SMILES string of the molecule is CCOc1cc(C=Nn2c(C(C)C)nc3ccc(Br)cc3c2=O)c(Br)c(Cl)c1O[C@@H](C)C(=O)OC. The highest BCUT2D eigenvalue weighted by Gasteiger charge is 2.23. The largest absolute Gasteiger partial charge is 0.490 e. The van der Waals surface area contributed by atoms with E-state index in [9.17, 15) is 9.59 Å². The Bertz CT molecular complexity index is 1360. The average molecular weight is 630 g/mol. The van der Waals surface area contributed by atoms with E-state index in [0.29, 0.717) is 39.1 Å². The third-order valence-electron chi connectivity index (χ3n) is 4.95. The molecule has 8 nitrogen and oxygen atoms in total. The van der Waals surface area contributed by atoms with E-state index in [-0.39, 0.29) is 22.2 Å². The summed E-state index contributed by atoms with van der Waals surface area (Å²) in [6.45, 7) is 7.56. The number of carbonyl (C=O) groups excluding carboxylic acids is 1. The van der Waals surface area contributed by atoms with Crippen molar-refractivity contribution in [2.24, 2.45) is 5.10 Å². The predicted octanol–water partition coefficient (Wildman–Crippen LogP) is 5.92. The Morgan fingerprint density at radius 3 is 2.60 bits per heavy atom. The molecule has 2 aromatic carbocycles. The first-order chi connectivity index (χ1) is 16.6. The number of hydrogen-bond donors (Lipinski definition) is 0. The predicted molar refractivity (Wildman–Crippen MR) is 143 cm³/mol. The highest BCUT2D eigenvalue weighted by atomic mass is 79.9. The van der Waals surface area contributed by atoms with Crippen LogP contribution in [0, 0.1) is 0 Å². The van der Waals surface area contributed by atoms with Gasteiger partial charge in [0.2, 0.25) is 0 Å². The number of aromatic nitrogens is 2. The zero-order valence-corrected chi connectivity index (χ0v) is 23.7. The molecule has 0 amide bonds. The lowest BCUT2D eigenvalue weighted by molar-refractivity contribution is -0.147.